The van der Waals surface area contributed by atoms with Crippen LogP contribution in [0.25, 0.3) is 0 Å². The number of hydrogen-bond acceptors (Lipinski definition) is 3. The third-order valence-corrected chi connectivity index (χ3v) is 5.90. The lowest BCUT2D eigenvalue weighted by Gasteiger charge is -2.21. The van der Waals surface area contributed by atoms with Crippen molar-refractivity contribution in [1.29, 1.82) is 0 Å². The molecule has 1 aliphatic rings. The topological polar surface area (TPSA) is 60.2 Å². The molecule has 2 N–H and O–H groups in total. The van der Waals surface area contributed by atoms with Gasteiger partial charge < -0.3 is 5.73 Å². The van der Waals surface area contributed by atoms with E-state index >= 15 is 0 Å². The van der Waals surface area contributed by atoms with Crippen molar-refractivity contribution >= 4 is 27.1 Å². The molecular weight excluding hydrogens is 270 g/mol. The molecule has 18 heavy (non-hydrogen) atoms. The van der Waals surface area contributed by atoms with Crippen LogP contribution >= 0.6 is 11.6 Å². The molecule has 0 aromatic heterocycles. The van der Waals surface area contributed by atoms with Crippen LogP contribution in [-0.4, -0.2) is 14.2 Å². The molecule has 0 spiro atoms. The molecular formula is C13H18ClNO2S. The average molecular weight is 288 g/mol. The van der Waals surface area contributed by atoms with E-state index in [2.05, 4.69) is 0 Å². The first kappa shape index (κ1) is 13.7. The zero-order valence-corrected chi connectivity index (χ0v) is 11.8. The Morgan fingerprint density at radius 2 is 1.89 bits per heavy atom. The van der Waals surface area contributed by atoms with Crippen LogP contribution < -0.4 is 5.73 Å². The molecule has 5 heteroatoms. The first-order valence-corrected chi connectivity index (χ1v) is 8.30. The first-order chi connectivity index (χ1) is 8.50. The Morgan fingerprint density at radius 3 is 2.50 bits per heavy atom. The summed E-state index contributed by atoms with van der Waals surface area (Å²) in [6.07, 6.45) is 5.44. The summed E-state index contributed by atoms with van der Waals surface area (Å²) < 4.78 is 24.8. The summed E-state index contributed by atoms with van der Waals surface area (Å²) in [7, 11) is -3.38. The minimum Gasteiger partial charge on any atom is -0.398 e. The molecule has 0 amide bonds. The SMILES string of the molecule is Nc1cccc(Cl)c1S(=O)(=O)CC1CCCCC1. The van der Waals surface area contributed by atoms with Crippen LogP contribution in [0.3, 0.4) is 0 Å². The monoisotopic (exact) mass is 287 g/mol. The molecule has 2 rings (SSSR count). The fourth-order valence-corrected chi connectivity index (χ4v) is 5.05. The molecule has 0 saturated heterocycles. The van der Waals surface area contributed by atoms with Gasteiger partial charge in [-0.05, 0) is 30.9 Å². The highest BCUT2D eigenvalue weighted by Crippen LogP contribution is 2.32. The number of benzene rings is 1. The zero-order chi connectivity index (χ0) is 13.2. The number of hydrogen-bond donors (Lipinski definition) is 1. The van der Waals surface area contributed by atoms with Crippen molar-refractivity contribution in [2.24, 2.45) is 5.92 Å². The molecule has 100 valence electrons. The number of sulfone groups is 1. The molecule has 0 unspecified atom stereocenters. The van der Waals surface area contributed by atoms with Crippen molar-refractivity contribution in [3.05, 3.63) is 23.2 Å². The fraction of sp³-hybridized carbons (Fsp3) is 0.538. The molecule has 1 fully saturated rings. The predicted octanol–water partition coefficient (Wildman–Crippen LogP) is 3.28. The van der Waals surface area contributed by atoms with E-state index in [4.69, 9.17) is 17.3 Å². The first-order valence-electron chi connectivity index (χ1n) is 6.27. The lowest BCUT2D eigenvalue weighted by molar-refractivity contribution is 0.385. The summed E-state index contributed by atoms with van der Waals surface area (Å²) in [6.45, 7) is 0. The van der Waals surface area contributed by atoms with Crippen LogP contribution in [0.1, 0.15) is 32.1 Å². The third-order valence-electron chi connectivity index (χ3n) is 3.49. The summed E-state index contributed by atoms with van der Waals surface area (Å²) in [5.41, 5.74) is 6.00. The highest BCUT2D eigenvalue weighted by atomic mass is 35.5. The highest BCUT2D eigenvalue weighted by Gasteiger charge is 2.26. The largest absolute Gasteiger partial charge is 0.398 e. The molecule has 0 aliphatic heterocycles. The molecule has 0 bridgehead atoms. The van der Waals surface area contributed by atoms with E-state index in [0.29, 0.717) is 0 Å². The predicted molar refractivity (Wildman–Crippen MR) is 74.5 cm³/mol. The van der Waals surface area contributed by atoms with Crippen LogP contribution in [0, 0.1) is 5.92 Å². The van der Waals surface area contributed by atoms with Crippen molar-refractivity contribution in [2.45, 2.75) is 37.0 Å². The molecule has 1 aliphatic carbocycles. The number of nitrogen functional groups attached to an aromatic ring is 1. The highest BCUT2D eigenvalue weighted by molar-refractivity contribution is 7.91. The maximum Gasteiger partial charge on any atom is 0.182 e. The van der Waals surface area contributed by atoms with Gasteiger partial charge in [-0.25, -0.2) is 8.42 Å². The Balaban J connectivity index is 2.25. The van der Waals surface area contributed by atoms with Crippen LogP contribution in [0.2, 0.25) is 5.02 Å². The third kappa shape index (κ3) is 2.98. The van der Waals surface area contributed by atoms with Crippen molar-refractivity contribution in [2.75, 3.05) is 11.5 Å². The molecule has 1 saturated carbocycles. The van der Waals surface area contributed by atoms with Gasteiger partial charge in [0.15, 0.2) is 9.84 Å². The number of anilines is 1. The molecule has 0 radical (unpaired) electrons. The second-order valence-corrected chi connectivity index (χ2v) is 7.32. The standard InChI is InChI=1S/C13H18ClNO2S/c14-11-7-4-8-12(15)13(11)18(16,17)9-10-5-2-1-3-6-10/h4,7-8,10H,1-3,5-6,9,15H2. The minimum atomic E-state index is -3.38. The van der Waals surface area contributed by atoms with Gasteiger partial charge >= 0.3 is 0 Å². The van der Waals surface area contributed by atoms with E-state index in [9.17, 15) is 8.42 Å². The van der Waals surface area contributed by atoms with E-state index in [1.54, 1.807) is 18.2 Å². The molecule has 1 aromatic rings. The number of halogens is 1. The fourth-order valence-electron chi connectivity index (χ4n) is 2.60. The van der Waals surface area contributed by atoms with Gasteiger partial charge in [-0.15, -0.1) is 0 Å². The maximum absolute atomic E-state index is 12.4. The van der Waals surface area contributed by atoms with Crippen molar-refractivity contribution in [3.8, 4) is 0 Å². The van der Waals surface area contributed by atoms with Crippen molar-refractivity contribution in [3.63, 3.8) is 0 Å². The summed E-state index contributed by atoms with van der Waals surface area (Å²) >= 11 is 5.97. The lowest BCUT2D eigenvalue weighted by atomic mass is 9.91. The van der Waals surface area contributed by atoms with E-state index in [1.165, 1.54) is 6.42 Å². The number of rotatable bonds is 3. The lowest BCUT2D eigenvalue weighted by Crippen LogP contribution is -2.20. The molecule has 3 nitrogen and oxygen atoms in total. The molecule has 1 aromatic carbocycles. The van der Waals surface area contributed by atoms with Gasteiger partial charge in [0.1, 0.15) is 4.90 Å². The Kier molecular flexibility index (Phi) is 4.17. The van der Waals surface area contributed by atoms with Crippen molar-refractivity contribution < 1.29 is 8.42 Å². The van der Waals surface area contributed by atoms with E-state index in [0.717, 1.165) is 25.7 Å². The second kappa shape index (κ2) is 5.49. The van der Waals surface area contributed by atoms with Crippen LogP contribution in [0.15, 0.2) is 23.1 Å². The number of nitrogens with two attached hydrogens (primary N) is 1. The Bertz CT molecular complexity index is 502. The summed E-state index contributed by atoms with van der Waals surface area (Å²) in [6, 6.07) is 4.82. The van der Waals surface area contributed by atoms with Gasteiger partial charge in [0.05, 0.1) is 16.5 Å². The summed E-state index contributed by atoms with van der Waals surface area (Å²) in [5, 5.41) is 0.228. The second-order valence-electron chi connectivity index (χ2n) is 4.94. The molecule has 0 heterocycles. The Hall–Kier alpha value is -0.740. The maximum atomic E-state index is 12.4. The minimum absolute atomic E-state index is 0.109. The van der Waals surface area contributed by atoms with Gasteiger partial charge in [0, 0.05) is 0 Å². The normalized spacial score (nSPS) is 17.8. The quantitative estimate of drug-likeness (QED) is 0.868. The zero-order valence-electron chi connectivity index (χ0n) is 10.2. The Morgan fingerprint density at radius 1 is 1.22 bits per heavy atom. The van der Waals surface area contributed by atoms with Crippen LogP contribution in [0.5, 0.6) is 0 Å². The summed E-state index contributed by atoms with van der Waals surface area (Å²) in [4.78, 5) is 0.109. The van der Waals surface area contributed by atoms with Gasteiger partial charge in [0.25, 0.3) is 0 Å². The average Bonchev–Trinajstić information content (AvgIpc) is 2.28. The van der Waals surface area contributed by atoms with Crippen LogP contribution in [0.4, 0.5) is 5.69 Å². The summed E-state index contributed by atoms with van der Waals surface area (Å²) in [5.74, 6) is 0.417. The van der Waals surface area contributed by atoms with E-state index in [-0.39, 0.29) is 27.3 Å². The smallest absolute Gasteiger partial charge is 0.182 e. The van der Waals surface area contributed by atoms with Crippen LogP contribution in [-0.2, 0) is 9.84 Å². The van der Waals surface area contributed by atoms with Gasteiger partial charge in [0.2, 0.25) is 0 Å². The van der Waals surface area contributed by atoms with Gasteiger partial charge in [-0.2, -0.15) is 0 Å². The van der Waals surface area contributed by atoms with Gasteiger partial charge in [-0.3, -0.25) is 0 Å². The van der Waals surface area contributed by atoms with E-state index < -0.39 is 9.84 Å². The van der Waals surface area contributed by atoms with E-state index in [1.807, 2.05) is 0 Å². The Labute approximate surface area is 113 Å². The molecule has 0 atom stereocenters. The van der Waals surface area contributed by atoms with Crippen molar-refractivity contribution in [1.82, 2.24) is 0 Å². The van der Waals surface area contributed by atoms with Gasteiger partial charge in [-0.1, -0.05) is 36.9 Å².